The van der Waals surface area contributed by atoms with E-state index in [2.05, 4.69) is 27.7 Å². The number of carbonyl (C=O) groups excluding carboxylic acids is 1. The Morgan fingerprint density at radius 3 is 2.59 bits per heavy atom. The molecule has 1 aliphatic heterocycles. The lowest BCUT2D eigenvalue weighted by molar-refractivity contribution is -0.384. The summed E-state index contributed by atoms with van der Waals surface area (Å²) in [5.41, 5.74) is 2.96. The highest BCUT2D eigenvalue weighted by atomic mass is 16.6. The van der Waals surface area contributed by atoms with Gasteiger partial charge in [0.25, 0.3) is 11.6 Å². The molecule has 0 radical (unpaired) electrons. The number of nitro benzene ring substituents is 1. The van der Waals surface area contributed by atoms with Gasteiger partial charge >= 0.3 is 0 Å². The van der Waals surface area contributed by atoms with Crippen LogP contribution in [-0.4, -0.2) is 30.0 Å². The molecule has 2 fully saturated rings. The maximum Gasteiger partial charge on any atom is 0.293 e. The highest BCUT2D eigenvalue weighted by Crippen LogP contribution is 2.29. The molecule has 1 saturated carbocycles. The molecule has 7 nitrogen and oxygen atoms in total. The molecule has 0 aromatic heterocycles. The molecule has 2 aliphatic rings. The van der Waals surface area contributed by atoms with Gasteiger partial charge in [-0.2, -0.15) is 0 Å². The van der Waals surface area contributed by atoms with Crippen LogP contribution in [0.5, 0.6) is 0 Å². The number of para-hydroxylation sites is 1. The molecule has 7 heteroatoms. The van der Waals surface area contributed by atoms with Crippen molar-refractivity contribution in [3.63, 3.8) is 0 Å². The van der Waals surface area contributed by atoms with Gasteiger partial charge in [0, 0.05) is 43.0 Å². The van der Waals surface area contributed by atoms with Crippen molar-refractivity contribution in [1.82, 2.24) is 5.32 Å². The zero-order chi connectivity index (χ0) is 20.2. The molecule has 2 N–H and O–H groups in total. The standard InChI is InChI=1S/C22H26N4O3/c27-22(24-18-9-10-18)16-8-11-19(21(14-16)26(28)29)23-15-17-6-2-3-7-20(17)25-12-4-1-5-13-25/h2-3,6-8,11,14,18,23H,1,4-5,9-10,12-13,15H2,(H,24,27). The van der Waals surface area contributed by atoms with Crippen LogP contribution in [0.4, 0.5) is 17.1 Å². The number of nitro groups is 1. The lowest BCUT2D eigenvalue weighted by Gasteiger charge is -2.30. The van der Waals surface area contributed by atoms with Gasteiger partial charge in [-0.1, -0.05) is 18.2 Å². The minimum absolute atomic E-state index is 0.0797. The van der Waals surface area contributed by atoms with Crippen molar-refractivity contribution in [1.29, 1.82) is 0 Å². The average molecular weight is 394 g/mol. The Morgan fingerprint density at radius 1 is 1.10 bits per heavy atom. The Morgan fingerprint density at radius 2 is 1.86 bits per heavy atom. The van der Waals surface area contributed by atoms with Crippen molar-refractivity contribution in [2.75, 3.05) is 23.3 Å². The Balaban J connectivity index is 1.50. The van der Waals surface area contributed by atoms with E-state index in [1.165, 1.54) is 31.0 Å². The normalized spacial score (nSPS) is 16.3. The van der Waals surface area contributed by atoms with E-state index in [-0.39, 0.29) is 17.6 Å². The van der Waals surface area contributed by atoms with Gasteiger partial charge in [-0.15, -0.1) is 0 Å². The van der Waals surface area contributed by atoms with Crippen molar-refractivity contribution in [2.45, 2.75) is 44.7 Å². The average Bonchev–Trinajstić information content (AvgIpc) is 3.57. The molecule has 1 heterocycles. The smallest absolute Gasteiger partial charge is 0.293 e. The van der Waals surface area contributed by atoms with Gasteiger partial charge in [-0.3, -0.25) is 14.9 Å². The second-order valence-electron chi connectivity index (χ2n) is 7.77. The summed E-state index contributed by atoms with van der Waals surface area (Å²) in [7, 11) is 0. The van der Waals surface area contributed by atoms with E-state index in [9.17, 15) is 14.9 Å². The highest BCUT2D eigenvalue weighted by molar-refractivity contribution is 5.96. The minimum atomic E-state index is -0.438. The van der Waals surface area contributed by atoms with E-state index in [0.29, 0.717) is 17.8 Å². The minimum Gasteiger partial charge on any atom is -0.375 e. The summed E-state index contributed by atoms with van der Waals surface area (Å²) >= 11 is 0. The van der Waals surface area contributed by atoms with Gasteiger partial charge in [0.15, 0.2) is 0 Å². The second kappa shape index (κ2) is 8.51. The van der Waals surface area contributed by atoms with Crippen LogP contribution >= 0.6 is 0 Å². The lowest BCUT2D eigenvalue weighted by atomic mass is 10.1. The number of rotatable bonds is 7. The molecule has 2 aromatic rings. The zero-order valence-electron chi connectivity index (χ0n) is 16.4. The number of amides is 1. The first-order valence-electron chi connectivity index (χ1n) is 10.3. The molecule has 152 valence electrons. The summed E-state index contributed by atoms with van der Waals surface area (Å²) in [5.74, 6) is -0.252. The molecule has 0 atom stereocenters. The first-order chi connectivity index (χ1) is 14.1. The number of anilines is 2. The van der Waals surface area contributed by atoms with E-state index >= 15 is 0 Å². The quantitative estimate of drug-likeness (QED) is 0.546. The molecule has 2 aromatic carbocycles. The Kier molecular flexibility index (Phi) is 5.64. The first kappa shape index (κ1) is 19.2. The molecular weight excluding hydrogens is 368 g/mol. The number of carbonyl (C=O) groups is 1. The van der Waals surface area contributed by atoms with Crippen LogP contribution in [0.15, 0.2) is 42.5 Å². The van der Waals surface area contributed by atoms with E-state index in [1.807, 2.05) is 12.1 Å². The molecule has 4 rings (SSSR count). The van der Waals surface area contributed by atoms with Gasteiger partial charge in [0.05, 0.1) is 4.92 Å². The molecule has 1 aliphatic carbocycles. The number of benzene rings is 2. The largest absolute Gasteiger partial charge is 0.375 e. The van der Waals surface area contributed by atoms with Gasteiger partial charge in [-0.25, -0.2) is 0 Å². The fourth-order valence-corrected chi connectivity index (χ4v) is 3.76. The topological polar surface area (TPSA) is 87.5 Å². The van der Waals surface area contributed by atoms with Crippen LogP contribution in [0, 0.1) is 10.1 Å². The van der Waals surface area contributed by atoms with Crippen molar-refractivity contribution < 1.29 is 9.72 Å². The molecule has 0 spiro atoms. The van der Waals surface area contributed by atoms with Crippen LogP contribution in [0.3, 0.4) is 0 Å². The summed E-state index contributed by atoms with van der Waals surface area (Å²) in [6.07, 6.45) is 5.60. The number of piperidine rings is 1. The number of hydrogen-bond donors (Lipinski definition) is 2. The third-order valence-electron chi connectivity index (χ3n) is 5.53. The SMILES string of the molecule is O=C(NC1CC1)c1ccc(NCc2ccccc2N2CCCCC2)c([N+](=O)[O-])c1. The van der Waals surface area contributed by atoms with Crippen molar-refractivity contribution in [3.8, 4) is 0 Å². The molecular formula is C22H26N4O3. The van der Waals surface area contributed by atoms with Crippen molar-refractivity contribution in [3.05, 3.63) is 63.7 Å². The van der Waals surface area contributed by atoms with Gasteiger partial charge < -0.3 is 15.5 Å². The molecule has 1 amide bonds. The third-order valence-corrected chi connectivity index (χ3v) is 5.53. The number of nitrogens with zero attached hydrogens (tertiary/aromatic N) is 2. The predicted octanol–water partition coefficient (Wildman–Crippen LogP) is 4.09. The van der Waals surface area contributed by atoms with E-state index in [0.717, 1.165) is 31.5 Å². The molecule has 0 unspecified atom stereocenters. The fourth-order valence-electron chi connectivity index (χ4n) is 3.76. The fraction of sp³-hybridized carbons (Fsp3) is 0.409. The molecule has 29 heavy (non-hydrogen) atoms. The van der Waals surface area contributed by atoms with E-state index in [4.69, 9.17) is 0 Å². The van der Waals surface area contributed by atoms with E-state index in [1.54, 1.807) is 12.1 Å². The third kappa shape index (κ3) is 4.67. The Hall–Kier alpha value is -3.09. The summed E-state index contributed by atoms with van der Waals surface area (Å²) < 4.78 is 0. The Labute approximate surface area is 170 Å². The monoisotopic (exact) mass is 394 g/mol. The van der Waals surface area contributed by atoms with Gasteiger partial charge in [0.1, 0.15) is 5.69 Å². The number of hydrogen-bond acceptors (Lipinski definition) is 5. The summed E-state index contributed by atoms with van der Waals surface area (Å²) in [6.45, 7) is 2.57. The van der Waals surface area contributed by atoms with Crippen LogP contribution in [-0.2, 0) is 6.54 Å². The van der Waals surface area contributed by atoms with Crippen LogP contribution in [0.2, 0.25) is 0 Å². The molecule has 0 bridgehead atoms. The van der Waals surface area contributed by atoms with E-state index < -0.39 is 4.92 Å². The zero-order valence-corrected chi connectivity index (χ0v) is 16.4. The summed E-state index contributed by atoms with van der Waals surface area (Å²) in [6, 6.07) is 13.0. The lowest BCUT2D eigenvalue weighted by Crippen LogP contribution is -2.30. The number of nitrogens with one attached hydrogen (secondary N) is 2. The van der Waals surface area contributed by atoms with Crippen molar-refractivity contribution in [2.24, 2.45) is 0 Å². The first-order valence-corrected chi connectivity index (χ1v) is 10.3. The van der Waals surface area contributed by atoms with Gasteiger partial charge in [0.2, 0.25) is 0 Å². The van der Waals surface area contributed by atoms with Crippen LogP contribution in [0.1, 0.15) is 48.0 Å². The molecule has 1 saturated heterocycles. The van der Waals surface area contributed by atoms with Crippen LogP contribution in [0.25, 0.3) is 0 Å². The van der Waals surface area contributed by atoms with Crippen molar-refractivity contribution >= 4 is 23.0 Å². The maximum absolute atomic E-state index is 12.2. The predicted molar refractivity (Wildman–Crippen MR) is 113 cm³/mol. The van der Waals surface area contributed by atoms with Gasteiger partial charge in [-0.05, 0) is 55.9 Å². The second-order valence-corrected chi connectivity index (χ2v) is 7.77. The maximum atomic E-state index is 12.2. The summed E-state index contributed by atoms with van der Waals surface area (Å²) in [4.78, 5) is 25.8. The Bertz CT molecular complexity index is 905. The van der Waals surface area contributed by atoms with Crippen LogP contribution < -0.4 is 15.5 Å². The highest BCUT2D eigenvalue weighted by Gasteiger charge is 2.25. The summed E-state index contributed by atoms with van der Waals surface area (Å²) in [5, 5.41) is 17.7.